The van der Waals surface area contributed by atoms with Gasteiger partial charge in [0.2, 0.25) is 0 Å². The highest BCUT2D eigenvalue weighted by Crippen LogP contribution is 2.25. The number of rotatable bonds is 6. The molecule has 0 spiro atoms. The van der Waals surface area contributed by atoms with Gasteiger partial charge in [0, 0.05) is 24.3 Å². The number of benzene rings is 2. The van der Waals surface area contributed by atoms with Crippen molar-refractivity contribution in [3.05, 3.63) is 61.2 Å². The standard InChI is InChI=1S/C17H18N2O/c1-2-8-16-15(6-1)7-5-9-17(16)20-13-4-3-11-19-12-10-18-14-19/h1-2,5-10,12,14H,3-4,11,13H2. The van der Waals surface area contributed by atoms with E-state index in [-0.39, 0.29) is 0 Å². The number of aromatic nitrogens is 2. The maximum absolute atomic E-state index is 5.91. The Morgan fingerprint density at radius 2 is 1.90 bits per heavy atom. The summed E-state index contributed by atoms with van der Waals surface area (Å²) in [7, 11) is 0. The Morgan fingerprint density at radius 1 is 1.00 bits per heavy atom. The van der Waals surface area contributed by atoms with Crippen molar-refractivity contribution in [2.45, 2.75) is 19.4 Å². The molecule has 3 aromatic rings. The quantitative estimate of drug-likeness (QED) is 0.633. The molecule has 102 valence electrons. The van der Waals surface area contributed by atoms with Crippen LogP contribution in [0.2, 0.25) is 0 Å². The van der Waals surface area contributed by atoms with E-state index in [2.05, 4.69) is 33.8 Å². The molecule has 0 N–H and O–H groups in total. The molecule has 3 nitrogen and oxygen atoms in total. The number of nitrogens with zero attached hydrogens (tertiary/aromatic N) is 2. The minimum atomic E-state index is 0.753. The van der Waals surface area contributed by atoms with Gasteiger partial charge in [0.25, 0.3) is 0 Å². The van der Waals surface area contributed by atoms with E-state index in [0.29, 0.717) is 0 Å². The van der Waals surface area contributed by atoms with Crippen LogP contribution in [0.1, 0.15) is 12.8 Å². The smallest absolute Gasteiger partial charge is 0.127 e. The van der Waals surface area contributed by atoms with Crippen molar-refractivity contribution >= 4 is 10.8 Å². The molecule has 0 unspecified atom stereocenters. The molecule has 0 aliphatic rings. The fourth-order valence-electron chi connectivity index (χ4n) is 2.32. The number of unbranched alkanes of at least 4 members (excludes halogenated alkanes) is 1. The second-order valence-electron chi connectivity index (χ2n) is 4.83. The maximum Gasteiger partial charge on any atom is 0.127 e. The Kier molecular flexibility index (Phi) is 3.97. The first kappa shape index (κ1) is 12.7. The molecular formula is C17H18N2O. The number of ether oxygens (including phenoxy) is 1. The highest BCUT2D eigenvalue weighted by Gasteiger charge is 2.00. The van der Waals surface area contributed by atoms with Crippen molar-refractivity contribution in [1.82, 2.24) is 9.55 Å². The van der Waals surface area contributed by atoms with Crippen LogP contribution in [0.5, 0.6) is 5.75 Å². The fourth-order valence-corrected chi connectivity index (χ4v) is 2.32. The largest absolute Gasteiger partial charge is 0.493 e. The first-order chi connectivity index (χ1) is 9.93. The van der Waals surface area contributed by atoms with Gasteiger partial charge in [0.1, 0.15) is 5.75 Å². The molecule has 0 fully saturated rings. The van der Waals surface area contributed by atoms with Crippen LogP contribution in [0, 0.1) is 0 Å². The summed E-state index contributed by atoms with van der Waals surface area (Å²) in [6.45, 7) is 1.75. The molecule has 3 rings (SSSR count). The second kappa shape index (κ2) is 6.24. The zero-order chi connectivity index (χ0) is 13.6. The van der Waals surface area contributed by atoms with E-state index < -0.39 is 0 Å². The van der Waals surface area contributed by atoms with Crippen molar-refractivity contribution in [1.29, 1.82) is 0 Å². The topological polar surface area (TPSA) is 27.1 Å². The maximum atomic E-state index is 5.91. The molecule has 0 bridgehead atoms. The fraction of sp³-hybridized carbons (Fsp3) is 0.235. The molecule has 0 atom stereocenters. The Labute approximate surface area is 118 Å². The van der Waals surface area contributed by atoms with Crippen LogP contribution in [0.3, 0.4) is 0 Å². The summed E-state index contributed by atoms with van der Waals surface area (Å²) >= 11 is 0. The zero-order valence-corrected chi connectivity index (χ0v) is 11.4. The van der Waals surface area contributed by atoms with Gasteiger partial charge in [-0.05, 0) is 24.3 Å². The highest BCUT2D eigenvalue weighted by molar-refractivity contribution is 5.88. The van der Waals surface area contributed by atoms with Gasteiger partial charge >= 0.3 is 0 Å². The van der Waals surface area contributed by atoms with Crippen molar-refractivity contribution in [2.75, 3.05) is 6.61 Å². The molecular weight excluding hydrogens is 248 g/mol. The number of fused-ring (bicyclic) bond motifs is 1. The Morgan fingerprint density at radius 3 is 2.80 bits per heavy atom. The molecule has 20 heavy (non-hydrogen) atoms. The lowest BCUT2D eigenvalue weighted by molar-refractivity contribution is 0.306. The summed E-state index contributed by atoms with van der Waals surface area (Å²) in [4.78, 5) is 4.03. The molecule has 0 radical (unpaired) electrons. The van der Waals surface area contributed by atoms with E-state index >= 15 is 0 Å². The van der Waals surface area contributed by atoms with E-state index in [9.17, 15) is 0 Å². The van der Waals surface area contributed by atoms with Gasteiger partial charge < -0.3 is 9.30 Å². The average molecular weight is 266 g/mol. The van der Waals surface area contributed by atoms with E-state index in [4.69, 9.17) is 4.74 Å². The first-order valence-corrected chi connectivity index (χ1v) is 7.00. The molecule has 0 amide bonds. The molecule has 0 saturated heterocycles. The summed E-state index contributed by atoms with van der Waals surface area (Å²) in [5.74, 6) is 0.978. The third-order valence-electron chi connectivity index (χ3n) is 3.38. The first-order valence-electron chi connectivity index (χ1n) is 7.00. The predicted octanol–water partition coefficient (Wildman–Crippen LogP) is 3.90. The lowest BCUT2D eigenvalue weighted by Crippen LogP contribution is -2.01. The summed E-state index contributed by atoms with van der Waals surface area (Å²) in [5, 5.41) is 2.41. The van der Waals surface area contributed by atoms with Crippen LogP contribution in [-0.2, 0) is 6.54 Å². The van der Waals surface area contributed by atoms with E-state index in [0.717, 1.165) is 31.7 Å². The van der Waals surface area contributed by atoms with Gasteiger partial charge in [-0.1, -0.05) is 36.4 Å². The molecule has 3 heteroatoms. The lowest BCUT2D eigenvalue weighted by atomic mass is 10.1. The monoisotopic (exact) mass is 266 g/mol. The van der Waals surface area contributed by atoms with Gasteiger partial charge in [-0.2, -0.15) is 0 Å². The summed E-state index contributed by atoms with van der Waals surface area (Å²) in [6, 6.07) is 14.5. The molecule has 0 aliphatic heterocycles. The van der Waals surface area contributed by atoms with Crippen molar-refractivity contribution in [2.24, 2.45) is 0 Å². The van der Waals surface area contributed by atoms with Gasteiger partial charge in [0.05, 0.1) is 12.9 Å². The molecule has 1 heterocycles. The van der Waals surface area contributed by atoms with E-state index in [1.807, 2.05) is 36.9 Å². The SMILES string of the molecule is c1ccc2c(OCCCCn3ccnc3)cccc2c1. The molecule has 0 saturated carbocycles. The highest BCUT2D eigenvalue weighted by atomic mass is 16.5. The van der Waals surface area contributed by atoms with Crippen LogP contribution in [0.15, 0.2) is 61.2 Å². The van der Waals surface area contributed by atoms with Crippen LogP contribution in [0.25, 0.3) is 10.8 Å². The Balaban J connectivity index is 1.52. The van der Waals surface area contributed by atoms with Crippen LogP contribution < -0.4 is 4.74 Å². The second-order valence-corrected chi connectivity index (χ2v) is 4.83. The average Bonchev–Trinajstić information content (AvgIpc) is 3.00. The van der Waals surface area contributed by atoms with Crippen LogP contribution >= 0.6 is 0 Å². The summed E-state index contributed by atoms with van der Waals surface area (Å²) in [5.41, 5.74) is 0. The van der Waals surface area contributed by atoms with Gasteiger partial charge in [-0.3, -0.25) is 0 Å². The lowest BCUT2D eigenvalue weighted by Gasteiger charge is -2.09. The Hall–Kier alpha value is -2.29. The van der Waals surface area contributed by atoms with Gasteiger partial charge in [0.15, 0.2) is 0 Å². The zero-order valence-electron chi connectivity index (χ0n) is 11.4. The molecule has 0 aliphatic carbocycles. The molecule has 1 aromatic heterocycles. The van der Waals surface area contributed by atoms with Gasteiger partial charge in [-0.15, -0.1) is 0 Å². The van der Waals surface area contributed by atoms with Crippen molar-refractivity contribution in [3.8, 4) is 5.75 Å². The Bertz CT molecular complexity index is 656. The van der Waals surface area contributed by atoms with E-state index in [1.165, 1.54) is 10.8 Å². The van der Waals surface area contributed by atoms with E-state index in [1.54, 1.807) is 0 Å². The predicted molar refractivity (Wildman–Crippen MR) is 80.9 cm³/mol. The number of aryl methyl sites for hydroxylation is 1. The third-order valence-corrected chi connectivity index (χ3v) is 3.38. The summed E-state index contributed by atoms with van der Waals surface area (Å²) in [6.07, 6.45) is 7.80. The number of imidazole rings is 1. The number of hydrogen-bond acceptors (Lipinski definition) is 2. The van der Waals surface area contributed by atoms with Crippen LogP contribution in [-0.4, -0.2) is 16.2 Å². The minimum Gasteiger partial charge on any atom is -0.493 e. The third kappa shape index (κ3) is 2.99. The normalized spacial score (nSPS) is 10.8. The van der Waals surface area contributed by atoms with Crippen LogP contribution in [0.4, 0.5) is 0 Å². The number of hydrogen-bond donors (Lipinski definition) is 0. The minimum absolute atomic E-state index is 0.753. The van der Waals surface area contributed by atoms with Crippen molar-refractivity contribution < 1.29 is 4.74 Å². The summed E-state index contributed by atoms with van der Waals surface area (Å²) < 4.78 is 8.01. The van der Waals surface area contributed by atoms with Crippen molar-refractivity contribution in [3.63, 3.8) is 0 Å². The van der Waals surface area contributed by atoms with Gasteiger partial charge in [-0.25, -0.2) is 4.98 Å². The molecule has 2 aromatic carbocycles.